The number of thiocarbonyl (C=S) groups is 1. The Balaban J connectivity index is 1.88. The average Bonchev–Trinajstić information content (AvgIpc) is 2.91. The van der Waals surface area contributed by atoms with Crippen LogP contribution in [-0.4, -0.2) is 66.3 Å². The molecule has 1 aliphatic heterocycles. The van der Waals surface area contributed by atoms with Crippen LogP contribution in [0.5, 0.6) is 0 Å². The first-order valence-electron chi connectivity index (χ1n) is 7.55. The van der Waals surface area contributed by atoms with Crippen LogP contribution in [-0.2, 0) is 4.74 Å². The normalized spacial score (nSPS) is 26.1. The molecule has 0 radical (unpaired) electrons. The Hall–Kier alpha value is -0.230. The summed E-state index contributed by atoms with van der Waals surface area (Å²) < 4.78 is 5.91. The highest BCUT2D eigenvalue weighted by atomic mass is 32.1. The molecule has 2 fully saturated rings. The first-order chi connectivity index (χ1) is 9.19. The van der Waals surface area contributed by atoms with E-state index in [1.165, 1.54) is 25.7 Å². The number of likely N-dealkylation sites (N-methyl/N-ethyl adjacent to an activating group) is 1. The number of morpholine rings is 1. The highest BCUT2D eigenvalue weighted by Crippen LogP contribution is 2.24. The molecule has 0 aromatic heterocycles. The van der Waals surface area contributed by atoms with E-state index >= 15 is 0 Å². The van der Waals surface area contributed by atoms with Crippen LogP contribution in [0.2, 0.25) is 0 Å². The Bertz CT molecular complexity index is 294. The lowest BCUT2D eigenvalue weighted by Gasteiger charge is -2.37. The number of ether oxygens (including phenoxy) is 1. The molecule has 0 amide bonds. The zero-order chi connectivity index (χ0) is 13.7. The van der Waals surface area contributed by atoms with Crippen molar-refractivity contribution in [1.82, 2.24) is 9.80 Å². The molecule has 0 aromatic rings. The topological polar surface area (TPSA) is 41.7 Å². The fourth-order valence-corrected chi connectivity index (χ4v) is 3.42. The molecule has 0 spiro atoms. The van der Waals surface area contributed by atoms with Crippen molar-refractivity contribution in [2.24, 2.45) is 5.73 Å². The number of hydrogen-bond acceptors (Lipinski definition) is 4. The van der Waals surface area contributed by atoms with Gasteiger partial charge in [0.25, 0.3) is 0 Å². The third-order valence-corrected chi connectivity index (χ3v) is 4.44. The summed E-state index contributed by atoms with van der Waals surface area (Å²) in [7, 11) is 0. The number of hydrogen-bond donors (Lipinski definition) is 1. The summed E-state index contributed by atoms with van der Waals surface area (Å²) in [5, 5.41) is 0. The van der Waals surface area contributed by atoms with E-state index in [4.69, 9.17) is 22.7 Å². The SMILES string of the molecule is CCN1CCOC(CN(CC(N)=S)C2CCCC2)C1. The van der Waals surface area contributed by atoms with Crippen molar-refractivity contribution >= 4 is 17.2 Å². The molecule has 2 N–H and O–H groups in total. The summed E-state index contributed by atoms with van der Waals surface area (Å²) in [4.78, 5) is 5.52. The number of nitrogens with two attached hydrogens (primary N) is 1. The summed E-state index contributed by atoms with van der Waals surface area (Å²) in [5.74, 6) is 0. The quantitative estimate of drug-likeness (QED) is 0.744. The van der Waals surface area contributed by atoms with Crippen LogP contribution in [0.3, 0.4) is 0 Å². The van der Waals surface area contributed by atoms with Gasteiger partial charge in [-0.1, -0.05) is 32.0 Å². The Morgan fingerprint density at radius 1 is 1.42 bits per heavy atom. The summed E-state index contributed by atoms with van der Waals surface area (Å²) in [6.07, 6.45) is 5.55. The third kappa shape index (κ3) is 4.67. The van der Waals surface area contributed by atoms with Gasteiger partial charge in [-0.15, -0.1) is 0 Å². The molecule has 110 valence electrons. The Kier molecular flexibility index (Phi) is 6.01. The van der Waals surface area contributed by atoms with Gasteiger partial charge < -0.3 is 10.5 Å². The van der Waals surface area contributed by atoms with Gasteiger partial charge in [-0.2, -0.15) is 0 Å². The molecule has 0 bridgehead atoms. The van der Waals surface area contributed by atoms with Crippen LogP contribution in [0.15, 0.2) is 0 Å². The largest absolute Gasteiger partial charge is 0.392 e. The molecule has 1 aliphatic carbocycles. The second-order valence-electron chi connectivity index (χ2n) is 5.72. The standard InChI is InChI=1S/C14H27N3OS/c1-2-16-7-8-18-13(9-16)10-17(11-14(15)19)12-5-3-4-6-12/h12-13H,2-11H2,1H3,(H2,15,19). The highest BCUT2D eigenvalue weighted by Gasteiger charge is 2.27. The Labute approximate surface area is 122 Å². The van der Waals surface area contributed by atoms with Crippen molar-refractivity contribution in [3.05, 3.63) is 0 Å². The van der Waals surface area contributed by atoms with Crippen molar-refractivity contribution in [1.29, 1.82) is 0 Å². The van der Waals surface area contributed by atoms with Crippen molar-refractivity contribution in [3.8, 4) is 0 Å². The second kappa shape index (κ2) is 7.53. The Morgan fingerprint density at radius 2 is 2.16 bits per heavy atom. The van der Waals surface area contributed by atoms with Crippen molar-refractivity contribution in [2.75, 3.05) is 39.3 Å². The highest BCUT2D eigenvalue weighted by molar-refractivity contribution is 7.80. The van der Waals surface area contributed by atoms with Gasteiger partial charge in [0.05, 0.1) is 17.7 Å². The molecular weight excluding hydrogens is 258 g/mol. The van der Waals surface area contributed by atoms with Gasteiger partial charge in [0.1, 0.15) is 0 Å². The summed E-state index contributed by atoms with van der Waals surface area (Å²) in [5.41, 5.74) is 5.76. The van der Waals surface area contributed by atoms with Crippen LogP contribution in [0.25, 0.3) is 0 Å². The summed E-state index contributed by atoms with van der Waals surface area (Å²) >= 11 is 5.11. The lowest BCUT2D eigenvalue weighted by Crippen LogP contribution is -2.50. The van der Waals surface area contributed by atoms with E-state index in [0.717, 1.165) is 39.3 Å². The molecule has 19 heavy (non-hydrogen) atoms. The predicted molar refractivity (Wildman–Crippen MR) is 82.5 cm³/mol. The van der Waals surface area contributed by atoms with E-state index in [1.54, 1.807) is 0 Å². The lowest BCUT2D eigenvalue weighted by molar-refractivity contribution is -0.0446. The fourth-order valence-electron chi connectivity index (χ4n) is 3.25. The van der Waals surface area contributed by atoms with E-state index in [-0.39, 0.29) is 0 Å². The maximum Gasteiger partial charge on any atom is 0.0870 e. The molecule has 2 aliphatic rings. The molecule has 1 atom stereocenters. The smallest absolute Gasteiger partial charge is 0.0870 e. The van der Waals surface area contributed by atoms with Gasteiger partial charge >= 0.3 is 0 Å². The first kappa shape index (κ1) is 15.2. The Morgan fingerprint density at radius 3 is 2.79 bits per heavy atom. The van der Waals surface area contributed by atoms with Crippen LogP contribution in [0.1, 0.15) is 32.6 Å². The fraction of sp³-hybridized carbons (Fsp3) is 0.929. The molecule has 5 heteroatoms. The molecular formula is C14H27N3OS. The lowest BCUT2D eigenvalue weighted by atomic mass is 10.1. The van der Waals surface area contributed by atoms with E-state index in [0.29, 0.717) is 17.1 Å². The van der Waals surface area contributed by atoms with Gasteiger partial charge in [-0.3, -0.25) is 9.80 Å². The third-order valence-electron chi connectivity index (χ3n) is 4.31. The molecule has 1 unspecified atom stereocenters. The minimum Gasteiger partial charge on any atom is -0.392 e. The molecule has 1 saturated carbocycles. The van der Waals surface area contributed by atoms with E-state index in [2.05, 4.69) is 16.7 Å². The van der Waals surface area contributed by atoms with Crippen LogP contribution >= 0.6 is 12.2 Å². The summed E-state index contributed by atoms with van der Waals surface area (Å²) in [6.45, 7) is 7.99. The van der Waals surface area contributed by atoms with Crippen molar-refractivity contribution in [3.63, 3.8) is 0 Å². The molecule has 2 rings (SSSR count). The molecule has 1 saturated heterocycles. The van der Waals surface area contributed by atoms with Gasteiger partial charge in [0.2, 0.25) is 0 Å². The minimum absolute atomic E-state index is 0.309. The van der Waals surface area contributed by atoms with Gasteiger partial charge in [-0.05, 0) is 19.4 Å². The van der Waals surface area contributed by atoms with Crippen LogP contribution < -0.4 is 5.73 Å². The molecule has 4 nitrogen and oxygen atoms in total. The maximum absolute atomic E-state index is 5.91. The van der Waals surface area contributed by atoms with Gasteiger partial charge in [-0.25, -0.2) is 0 Å². The average molecular weight is 285 g/mol. The van der Waals surface area contributed by atoms with Crippen molar-refractivity contribution in [2.45, 2.75) is 44.8 Å². The van der Waals surface area contributed by atoms with E-state index < -0.39 is 0 Å². The van der Waals surface area contributed by atoms with Crippen LogP contribution in [0.4, 0.5) is 0 Å². The zero-order valence-electron chi connectivity index (χ0n) is 12.0. The first-order valence-corrected chi connectivity index (χ1v) is 7.96. The second-order valence-corrected chi connectivity index (χ2v) is 6.24. The monoisotopic (exact) mass is 285 g/mol. The zero-order valence-corrected chi connectivity index (χ0v) is 12.8. The number of rotatable bonds is 6. The van der Waals surface area contributed by atoms with E-state index in [1.807, 2.05) is 0 Å². The van der Waals surface area contributed by atoms with Gasteiger partial charge in [0, 0.05) is 32.2 Å². The van der Waals surface area contributed by atoms with Crippen molar-refractivity contribution < 1.29 is 4.74 Å². The number of nitrogens with zero attached hydrogens (tertiary/aromatic N) is 2. The predicted octanol–water partition coefficient (Wildman–Crippen LogP) is 1.24. The van der Waals surface area contributed by atoms with E-state index in [9.17, 15) is 0 Å². The summed E-state index contributed by atoms with van der Waals surface area (Å²) in [6, 6.07) is 0.655. The molecule has 0 aromatic carbocycles. The molecule has 1 heterocycles. The maximum atomic E-state index is 5.91. The minimum atomic E-state index is 0.309. The van der Waals surface area contributed by atoms with Crippen LogP contribution in [0, 0.1) is 0 Å². The van der Waals surface area contributed by atoms with Gasteiger partial charge in [0.15, 0.2) is 0 Å².